The number of guanidine groups is 1. The van der Waals surface area contributed by atoms with Crippen molar-refractivity contribution in [1.29, 1.82) is 0 Å². The van der Waals surface area contributed by atoms with E-state index in [1.807, 2.05) is 11.8 Å². The third kappa shape index (κ3) is 6.71. The van der Waals surface area contributed by atoms with Crippen molar-refractivity contribution in [2.75, 3.05) is 50.8 Å². The van der Waals surface area contributed by atoms with Crippen molar-refractivity contribution in [3.8, 4) is 0 Å². The molecule has 1 fully saturated rings. The molecule has 0 aromatic carbocycles. The number of nitrogens with zero attached hydrogens (tertiary/aromatic N) is 3. The molecule has 0 atom stereocenters. The Morgan fingerprint density at radius 3 is 2.41 bits per heavy atom. The summed E-state index contributed by atoms with van der Waals surface area (Å²) in [5.74, 6) is 3.07. The Balaban J connectivity index is 0.00000256. The third-order valence-electron chi connectivity index (χ3n) is 2.92. The Morgan fingerprint density at radius 2 is 1.88 bits per heavy atom. The minimum Gasteiger partial charge on any atom is -0.370 e. The van der Waals surface area contributed by atoms with Crippen LogP contribution in [-0.4, -0.2) is 66.5 Å². The van der Waals surface area contributed by atoms with Crippen molar-refractivity contribution in [2.24, 2.45) is 10.7 Å². The molecule has 1 saturated heterocycles. The van der Waals surface area contributed by atoms with E-state index in [9.17, 15) is 0 Å². The fourth-order valence-corrected chi connectivity index (χ4v) is 2.64. The lowest BCUT2D eigenvalue weighted by Gasteiger charge is -2.27. The Labute approximate surface area is 126 Å². The van der Waals surface area contributed by atoms with Gasteiger partial charge in [-0.3, -0.25) is 4.99 Å². The summed E-state index contributed by atoms with van der Waals surface area (Å²) >= 11 is 1.99. The summed E-state index contributed by atoms with van der Waals surface area (Å²) in [6, 6.07) is 0. The molecule has 6 heteroatoms. The Hall–Kier alpha value is 0.310. The van der Waals surface area contributed by atoms with Crippen molar-refractivity contribution in [3.63, 3.8) is 0 Å². The Kier molecular flexibility index (Phi) is 10.4. The molecule has 1 heterocycles. The van der Waals surface area contributed by atoms with Crippen molar-refractivity contribution in [2.45, 2.75) is 13.8 Å². The maximum absolute atomic E-state index is 5.97. The molecule has 0 aliphatic carbocycles. The van der Waals surface area contributed by atoms with Crippen LogP contribution in [0.4, 0.5) is 0 Å². The standard InChI is InChI=1S/C11H24N4S.HI/c1-3-14(4-2)6-5-13-11(12)15-7-9-16-10-8-15;/h3-10H2,1-2H3,(H2,12,13);1H. The number of likely N-dealkylation sites (N-methyl/N-ethyl adjacent to an activating group) is 1. The monoisotopic (exact) mass is 372 g/mol. The van der Waals surface area contributed by atoms with Gasteiger partial charge in [0.25, 0.3) is 0 Å². The minimum absolute atomic E-state index is 0. The second-order valence-electron chi connectivity index (χ2n) is 3.87. The minimum atomic E-state index is 0. The number of halogens is 1. The zero-order valence-electron chi connectivity index (χ0n) is 10.9. The topological polar surface area (TPSA) is 44.9 Å². The highest BCUT2D eigenvalue weighted by Crippen LogP contribution is 2.08. The molecule has 102 valence electrons. The van der Waals surface area contributed by atoms with Gasteiger partial charge in [0, 0.05) is 31.1 Å². The largest absolute Gasteiger partial charge is 0.370 e. The quantitative estimate of drug-likeness (QED) is 0.449. The molecular weight excluding hydrogens is 347 g/mol. The number of aliphatic imine (C=N–C) groups is 1. The van der Waals surface area contributed by atoms with Crippen LogP contribution in [-0.2, 0) is 0 Å². The van der Waals surface area contributed by atoms with E-state index < -0.39 is 0 Å². The predicted octanol–water partition coefficient (Wildman–Crippen LogP) is 1.31. The van der Waals surface area contributed by atoms with Crippen LogP contribution in [0.3, 0.4) is 0 Å². The molecular formula is C11H25IN4S. The van der Waals surface area contributed by atoms with Crippen molar-refractivity contribution in [1.82, 2.24) is 9.80 Å². The van der Waals surface area contributed by atoms with E-state index in [1.54, 1.807) is 0 Å². The van der Waals surface area contributed by atoms with Gasteiger partial charge in [-0.05, 0) is 13.1 Å². The van der Waals surface area contributed by atoms with Crippen LogP contribution in [0, 0.1) is 0 Å². The normalized spacial score (nSPS) is 17.1. The summed E-state index contributed by atoms with van der Waals surface area (Å²) in [6.07, 6.45) is 0. The summed E-state index contributed by atoms with van der Waals surface area (Å²) in [5.41, 5.74) is 5.97. The molecule has 0 aromatic rings. The maximum Gasteiger partial charge on any atom is 0.191 e. The van der Waals surface area contributed by atoms with Gasteiger partial charge in [-0.15, -0.1) is 24.0 Å². The first-order valence-corrected chi connectivity index (χ1v) is 7.28. The summed E-state index contributed by atoms with van der Waals surface area (Å²) in [5, 5.41) is 0. The van der Waals surface area contributed by atoms with E-state index in [1.165, 1.54) is 11.5 Å². The molecule has 1 aliphatic heterocycles. The van der Waals surface area contributed by atoms with Gasteiger partial charge in [-0.1, -0.05) is 13.8 Å². The van der Waals surface area contributed by atoms with Crippen LogP contribution in [0.15, 0.2) is 4.99 Å². The van der Waals surface area contributed by atoms with E-state index >= 15 is 0 Å². The van der Waals surface area contributed by atoms with E-state index in [0.717, 1.165) is 45.2 Å². The number of rotatable bonds is 5. The first kappa shape index (κ1) is 17.3. The van der Waals surface area contributed by atoms with Crippen LogP contribution >= 0.6 is 35.7 Å². The van der Waals surface area contributed by atoms with Gasteiger partial charge in [-0.25, -0.2) is 0 Å². The highest BCUT2D eigenvalue weighted by atomic mass is 127. The lowest BCUT2D eigenvalue weighted by molar-refractivity contribution is 0.312. The first-order chi connectivity index (χ1) is 7.77. The van der Waals surface area contributed by atoms with E-state index in [0.29, 0.717) is 0 Å². The number of thioether (sulfide) groups is 1. The zero-order chi connectivity index (χ0) is 11.8. The number of nitrogens with two attached hydrogens (primary N) is 1. The Bertz CT molecular complexity index is 216. The van der Waals surface area contributed by atoms with Crippen molar-refractivity contribution >= 4 is 41.7 Å². The van der Waals surface area contributed by atoms with Gasteiger partial charge >= 0.3 is 0 Å². The second kappa shape index (κ2) is 10.3. The van der Waals surface area contributed by atoms with Crippen LogP contribution in [0.2, 0.25) is 0 Å². The second-order valence-corrected chi connectivity index (χ2v) is 5.09. The molecule has 0 unspecified atom stereocenters. The average Bonchev–Trinajstić information content (AvgIpc) is 2.35. The maximum atomic E-state index is 5.97. The molecule has 0 saturated carbocycles. The molecule has 0 bridgehead atoms. The Morgan fingerprint density at radius 1 is 1.29 bits per heavy atom. The predicted molar refractivity (Wildman–Crippen MR) is 88.6 cm³/mol. The van der Waals surface area contributed by atoms with Gasteiger partial charge in [0.2, 0.25) is 0 Å². The average molecular weight is 372 g/mol. The SMILES string of the molecule is CCN(CC)CCN=C(N)N1CCSCC1.I. The lowest BCUT2D eigenvalue weighted by atomic mass is 10.4. The lowest BCUT2D eigenvalue weighted by Crippen LogP contribution is -2.43. The fourth-order valence-electron chi connectivity index (χ4n) is 1.74. The van der Waals surface area contributed by atoms with E-state index in [-0.39, 0.29) is 24.0 Å². The molecule has 17 heavy (non-hydrogen) atoms. The summed E-state index contributed by atoms with van der Waals surface area (Å²) < 4.78 is 0. The van der Waals surface area contributed by atoms with Crippen molar-refractivity contribution in [3.05, 3.63) is 0 Å². The molecule has 1 aliphatic rings. The summed E-state index contributed by atoms with van der Waals surface area (Å²) in [6.45, 7) is 10.5. The molecule has 0 aromatic heterocycles. The van der Waals surface area contributed by atoms with E-state index in [2.05, 4.69) is 28.6 Å². The van der Waals surface area contributed by atoms with E-state index in [4.69, 9.17) is 5.73 Å². The highest BCUT2D eigenvalue weighted by molar-refractivity contribution is 14.0. The van der Waals surface area contributed by atoms with Gasteiger partial charge in [-0.2, -0.15) is 11.8 Å². The number of hydrogen-bond acceptors (Lipinski definition) is 3. The summed E-state index contributed by atoms with van der Waals surface area (Å²) in [4.78, 5) is 9.01. The zero-order valence-corrected chi connectivity index (χ0v) is 14.0. The highest BCUT2D eigenvalue weighted by Gasteiger charge is 2.11. The third-order valence-corrected chi connectivity index (χ3v) is 3.86. The first-order valence-electron chi connectivity index (χ1n) is 6.12. The van der Waals surface area contributed by atoms with Crippen LogP contribution in [0.5, 0.6) is 0 Å². The number of hydrogen-bond donors (Lipinski definition) is 1. The molecule has 0 radical (unpaired) electrons. The van der Waals surface area contributed by atoms with Gasteiger partial charge in [0.1, 0.15) is 0 Å². The van der Waals surface area contributed by atoms with Gasteiger partial charge in [0.15, 0.2) is 5.96 Å². The molecule has 1 rings (SSSR count). The van der Waals surface area contributed by atoms with Crippen LogP contribution < -0.4 is 5.73 Å². The fraction of sp³-hybridized carbons (Fsp3) is 0.909. The van der Waals surface area contributed by atoms with Crippen LogP contribution in [0.25, 0.3) is 0 Å². The van der Waals surface area contributed by atoms with Gasteiger partial charge in [0.05, 0.1) is 6.54 Å². The molecule has 2 N–H and O–H groups in total. The molecule has 0 spiro atoms. The smallest absolute Gasteiger partial charge is 0.191 e. The molecule has 4 nitrogen and oxygen atoms in total. The molecule has 0 amide bonds. The summed E-state index contributed by atoms with van der Waals surface area (Å²) in [7, 11) is 0. The van der Waals surface area contributed by atoms with Gasteiger partial charge < -0.3 is 15.5 Å². The van der Waals surface area contributed by atoms with Crippen molar-refractivity contribution < 1.29 is 0 Å². The van der Waals surface area contributed by atoms with Crippen LogP contribution in [0.1, 0.15) is 13.8 Å².